The molecule has 1 aliphatic heterocycles. The first-order valence-corrected chi connectivity index (χ1v) is 9.89. The van der Waals surface area contributed by atoms with Gasteiger partial charge in [-0.15, -0.1) is 0 Å². The fourth-order valence-corrected chi connectivity index (χ4v) is 3.59. The Bertz CT molecular complexity index is 863. The number of carbonyl (C=O) groups excluding carboxylic acids is 2. The minimum absolute atomic E-state index is 0.120. The van der Waals surface area contributed by atoms with Crippen LogP contribution in [0.15, 0.2) is 30.6 Å². The summed E-state index contributed by atoms with van der Waals surface area (Å²) in [7, 11) is 0. The normalized spacial score (nSPS) is 19.4. The van der Waals surface area contributed by atoms with Crippen LogP contribution in [-0.2, 0) is 16.0 Å². The molecular weight excluding hydrogens is 352 g/mol. The summed E-state index contributed by atoms with van der Waals surface area (Å²) in [4.78, 5) is 36.0. The molecule has 0 saturated carbocycles. The van der Waals surface area contributed by atoms with Gasteiger partial charge in [-0.05, 0) is 62.3 Å². The summed E-state index contributed by atoms with van der Waals surface area (Å²) >= 11 is 0. The molecule has 1 aliphatic rings. The van der Waals surface area contributed by atoms with Gasteiger partial charge < -0.3 is 10.2 Å². The van der Waals surface area contributed by atoms with Crippen molar-refractivity contribution >= 4 is 17.5 Å². The van der Waals surface area contributed by atoms with E-state index in [1.165, 1.54) is 0 Å². The van der Waals surface area contributed by atoms with Crippen LogP contribution in [-0.4, -0.2) is 33.2 Å². The van der Waals surface area contributed by atoms with Gasteiger partial charge in [-0.1, -0.05) is 19.9 Å². The van der Waals surface area contributed by atoms with Crippen molar-refractivity contribution in [1.29, 1.82) is 0 Å². The quantitative estimate of drug-likeness (QED) is 0.826. The van der Waals surface area contributed by atoms with Crippen LogP contribution >= 0.6 is 0 Å². The van der Waals surface area contributed by atoms with Crippen molar-refractivity contribution in [2.45, 2.75) is 53.0 Å². The molecule has 1 fully saturated rings. The molecule has 0 radical (unpaired) electrons. The van der Waals surface area contributed by atoms with Crippen LogP contribution < -0.4 is 5.32 Å². The fraction of sp³-hybridized carbons (Fsp3) is 0.455. The zero-order valence-corrected chi connectivity index (χ0v) is 17.0. The van der Waals surface area contributed by atoms with Crippen LogP contribution in [0.25, 0.3) is 0 Å². The van der Waals surface area contributed by atoms with Gasteiger partial charge >= 0.3 is 11.8 Å². The topological polar surface area (TPSA) is 75.2 Å². The number of carbonyl (C=O) groups is 2. The lowest BCUT2D eigenvalue weighted by Gasteiger charge is -2.38. The van der Waals surface area contributed by atoms with Crippen molar-refractivity contribution in [3.63, 3.8) is 0 Å². The van der Waals surface area contributed by atoms with Gasteiger partial charge in [0.05, 0.1) is 17.9 Å². The lowest BCUT2D eigenvalue weighted by Crippen LogP contribution is -2.46. The second-order valence-corrected chi connectivity index (χ2v) is 7.67. The highest BCUT2D eigenvalue weighted by molar-refractivity contribution is 6.39. The molecule has 2 atom stereocenters. The second kappa shape index (κ2) is 8.50. The molecule has 2 unspecified atom stereocenters. The predicted molar refractivity (Wildman–Crippen MR) is 109 cm³/mol. The third-order valence-electron chi connectivity index (χ3n) is 5.47. The lowest BCUT2D eigenvalue weighted by molar-refractivity contribution is -0.146. The summed E-state index contributed by atoms with van der Waals surface area (Å²) in [5, 5.41) is 2.70. The van der Waals surface area contributed by atoms with E-state index in [0.29, 0.717) is 18.2 Å². The number of nitrogens with one attached hydrogen (secondary N) is 1. The first-order valence-electron chi connectivity index (χ1n) is 9.89. The minimum Gasteiger partial charge on any atom is -0.327 e. The summed E-state index contributed by atoms with van der Waals surface area (Å²) in [5.41, 5.74) is 4.41. The fourth-order valence-electron chi connectivity index (χ4n) is 3.59. The smallest absolute Gasteiger partial charge is 0.313 e. The summed E-state index contributed by atoms with van der Waals surface area (Å²) in [5.74, 6) is -0.768. The number of likely N-dealkylation sites (tertiary alicyclic amines) is 1. The predicted octanol–water partition coefficient (Wildman–Crippen LogP) is 3.59. The zero-order valence-electron chi connectivity index (χ0n) is 17.0. The number of anilines is 1. The van der Waals surface area contributed by atoms with Crippen LogP contribution in [0.3, 0.4) is 0 Å². The van der Waals surface area contributed by atoms with Gasteiger partial charge in [0.25, 0.3) is 0 Å². The maximum atomic E-state index is 13.0. The first-order chi connectivity index (χ1) is 13.4. The van der Waals surface area contributed by atoms with Gasteiger partial charge in [-0.3, -0.25) is 19.6 Å². The number of nitrogens with zero attached hydrogens (tertiary/aromatic N) is 3. The summed E-state index contributed by atoms with van der Waals surface area (Å²) in [6.45, 7) is 8.57. The van der Waals surface area contributed by atoms with E-state index < -0.39 is 11.8 Å². The lowest BCUT2D eigenvalue weighted by atomic mass is 9.90. The van der Waals surface area contributed by atoms with Gasteiger partial charge in [-0.25, -0.2) is 0 Å². The number of pyridine rings is 2. The molecule has 1 N–H and O–H groups in total. The van der Waals surface area contributed by atoms with E-state index in [1.807, 2.05) is 38.2 Å². The number of aryl methyl sites for hydroxylation is 3. The number of piperidine rings is 1. The monoisotopic (exact) mass is 380 g/mol. The number of rotatable bonds is 3. The standard InChI is InChI=1S/C22H28N4O2/c1-5-18-8-7-17(11-24-18)20-9-6-14(2)13-26(20)22(28)21(27)25-19-10-15(3)16(4)23-12-19/h7-8,10-12,14,20H,5-6,9,13H2,1-4H3,(H,25,27). The van der Waals surface area contributed by atoms with Gasteiger partial charge in [-0.2, -0.15) is 0 Å². The maximum Gasteiger partial charge on any atom is 0.313 e. The third-order valence-corrected chi connectivity index (χ3v) is 5.47. The number of hydrogen-bond acceptors (Lipinski definition) is 4. The molecule has 2 aromatic heterocycles. The van der Waals surface area contributed by atoms with Crippen LogP contribution in [0.1, 0.15) is 55.2 Å². The number of aromatic nitrogens is 2. The van der Waals surface area contributed by atoms with Gasteiger partial charge in [0.2, 0.25) is 0 Å². The number of amides is 2. The van der Waals surface area contributed by atoms with E-state index in [2.05, 4.69) is 29.1 Å². The Morgan fingerprint density at radius 1 is 1.18 bits per heavy atom. The third kappa shape index (κ3) is 4.38. The molecule has 2 aromatic rings. The second-order valence-electron chi connectivity index (χ2n) is 7.67. The van der Waals surface area contributed by atoms with Crippen molar-refractivity contribution in [3.8, 4) is 0 Å². The molecule has 2 amide bonds. The molecule has 6 heteroatoms. The van der Waals surface area contributed by atoms with Gasteiger partial charge in [0.15, 0.2) is 0 Å². The minimum atomic E-state index is -0.623. The Kier molecular flexibility index (Phi) is 6.07. The SMILES string of the molecule is CCc1ccc(C2CCC(C)CN2C(=O)C(=O)Nc2cnc(C)c(C)c2)cn1. The molecule has 28 heavy (non-hydrogen) atoms. The number of hydrogen-bond donors (Lipinski definition) is 1. The van der Waals surface area contributed by atoms with Gasteiger partial charge in [0.1, 0.15) is 0 Å². The van der Waals surface area contributed by atoms with Crippen LogP contribution in [0.4, 0.5) is 5.69 Å². The van der Waals surface area contributed by atoms with Crippen molar-refractivity contribution < 1.29 is 9.59 Å². The summed E-state index contributed by atoms with van der Waals surface area (Å²) in [6, 6.07) is 5.73. The molecule has 0 spiro atoms. The van der Waals surface area contributed by atoms with E-state index in [1.54, 1.807) is 11.1 Å². The Hall–Kier alpha value is -2.76. The molecule has 0 aromatic carbocycles. The van der Waals surface area contributed by atoms with Gasteiger partial charge in [0, 0.05) is 24.1 Å². The first kappa shape index (κ1) is 20.0. The Morgan fingerprint density at radius 3 is 2.61 bits per heavy atom. The Morgan fingerprint density at radius 2 is 1.96 bits per heavy atom. The molecule has 1 saturated heterocycles. The summed E-state index contributed by atoms with van der Waals surface area (Å²) < 4.78 is 0. The highest BCUT2D eigenvalue weighted by atomic mass is 16.2. The molecule has 0 aliphatic carbocycles. The molecule has 3 heterocycles. The zero-order chi connectivity index (χ0) is 20.3. The average Bonchev–Trinajstić information content (AvgIpc) is 2.70. The van der Waals surface area contributed by atoms with Crippen LogP contribution in [0.2, 0.25) is 0 Å². The van der Waals surface area contributed by atoms with Crippen molar-refractivity contribution in [3.05, 3.63) is 53.1 Å². The maximum absolute atomic E-state index is 13.0. The highest BCUT2D eigenvalue weighted by Gasteiger charge is 2.34. The van der Waals surface area contributed by atoms with Crippen LogP contribution in [0, 0.1) is 19.8 Å². The molecule has 148 valence electrons. The average molecular weight is 380 g/mol. The van der Waals surface area contributed by atoms with E-state index >= 15 is 0 Å². The van der Waals surface area contributed by atoms with E-state index in [4.69, 9.17) is 0 Å². The summed E-state index contributed by atoms with van der Waals surface area (Å²) in [6.07, 6.45) is 6.14. The highest BCUT2D eigenvalue weighted by Crippen LogP contribution is 2.33. The molecule has 3 rings (SSSR count). The molecular formula is C22H28N4O2. The molecule has 6 nitrogen and oxygen atoms in total. The van der Waals surface area contributed by atoms with E-state index in [9.17, 15) is 9.59 Å². The Balaban J connectivity index is 1.78. The largest absolute Gasteiger partial charge is 0.327 e. The Labute approximate surface area is 166 Å². The van der Waals surface area contributed by atoms with Crippen molar-refractivity contribution in [1.82, 2.24) is 14.9 Å². The van der Waals surface area contributed by atoms with E-state index in [-0.39, 0.29) is 6.04 Å². The van der Waals surface area contributed by atoms with E-state index in [0.717, 1.165) is 41.8 Å². The van der Waals surface area contributed by atoms with Crippen LogP contribution in [0.5, 0.6) is 0 Å². The molecule has 0 bridgehead atoms. The van der Waals surface area contributed by atoms with Crippen molar-refractivity contribution in [2.24, 2.45) is 5.92 Å². The van der Waals surface area contributed by atoms with Crippen molar-refractivity contribution in [2.75, 3.05) is 11.9 Å².